The number of halogens is 3. The summed E-state index contributed by atoms with van der Waals surface area (Å²) in [6, 6.07) is 2.95. The third kappa shape index (κ3) is 3.71. The highest BCUT2D eigenvalue weighted by atomic mass is 19.4. The van der Waals surface area contributed by atoms with Crippen LogP contribution in [0.1, 0.15) is 21.8 Å². The number of hydrogen-bond donors (Lipinski definition) is 2. The van der Waals surface area contributed by atoms with Crippen LogP contribution < -0.4 is 5.32 Å². The molecule has 2 N–H and O–H groups in total. The van der Waals surface area contributed by atoms with Crippen molar-refractivity contribution in [3.05, 3.63) is 41.5 Å². The zero-order valence-electron chi connectivity index (χ0n) is 10.5. The number of benzene rings is 1. The first kappa shape index (κ1) is 14.8. The molecule has 0 atom stereocenters. The summed E-state index contributed by atoms with van der Waals surface area (Å²) in [5, 5.41) is 14.9. The van der Waals surface area contributed by atoms with Crippen LogP contribution in [0.2, 0.25) is 0 Å². The SMILES string of the molecule is O=C(O)c1ccc(NCCc2ncno2)cc1C(F)(F)F. The molecule has 21 heavy (non-hydrogen) atoms. The van der Waals surface area contributed by atoms with Crippen LogP contribution in [0.15, 0.2) is 29.0 Å². The predicted octanol–water partition coefficient (Wildman–Crippen LogP) is 2.44. The topological polar surface area (TPSA) is 88.2 Å². The number of aromatic carboxylic acids is 1. The average Bonchev–Trinajstić information content (AvgIpc) is 2.90. The van der Waals surface area contributed by atoms with Gasteiger partial charge in [0.1, 0.15) is 0 Å². The number of carboxylic acids is 1. The molecule has 1 heterocycles. The minimum absolute atomic E-state index is 0.159. The fourth-order valence-corrected chi connectivity index (χ4v) is 1.70. The van der Waals surface area contributed by atoms with E-state index in [1.807, 2.05) is 0 Å². The highest BCUT2D eigenvalue weighted by molar-refractivity contribution is 5.90. The van der Waals surface area contributed by atoms with Gasteiger partial charge in [-0.15, -0.1) is 0 Å². The minimum Gasteiger partial charge on any atom is -0.478 e. The van der Waals surface area contributed by atoms with Gasteiger partial charge in [-0.1, -0.05) is 5.16 Å². The maximum atomic E-state index is 12.8. The van der Waals surface area contributed by atoms with E-state index in [1.54, 1.807) is 0 Å². The van der Waals surface area contributed by atoms with Crippen LogP contribution >= 0.6 is 0 Å². The quantitative estimate of drug-likeness (QED) is 0.882. The number of rotatable bonds is 5. The second-order valence-electron chi connectivity index (χ2n) is 4.08. The first-order valence-electron chi connectivity index (χ1n) is 5.82. The summed E-state index contributed by atoms with van der Waals surface area (Å²) in [4.78, 5) is 14.6. The number of hydrogen-bond acceptors (Lipinski definition) is 5. The van der Waals surface area contributed by atoms with Crippen LogP contribution in [-0.4, -0.2) is 27.8 Å². The molecule has 0 spiro atoms. The second-order valence-corrected chi connectivity index (χ2v) is 4.08. The molecule has 0 amide bonds. The van der Waals surface area contributed by atoms with E-state index < -0.39 is 23.3 Å². The van der Waals surface area contributed by atoms with Gasteiger partial charge in [-0.3, -0.25) is 0 Å². The monoisotopic (exact) mass is 301 g/mol. The van der Waals surface area contributed by atoms with E-state index in [-0.39, 0.29) is 12.2 Å². The van der Waals surface area contributed by atoms with Crippen LogP contribution in [0.5, 0.6) is 0 Å². The molecule has 0 radical (unpaired) electrons. The molecule has 1 aromatic carbocycles. The van der Waals surface area contributed by atoms with Gasteiger partial charge in [-0.05, 0) is 18.2 Å². The molecule has 0 aliphatic rings. The Morgan fingerprint density at radius 2 is 2.14 bits per heavy atom. The lowest BCUT2D eigenvalue weighted by molar-refractivity contribution is -0.138. The van der Waals surface area contributed by atoms with E-state index in [2.05, 4.69) is 15.5 Å². The maximum Gasteiger partial charge on any atom is 0.417 e. The Morgan fingerprint density at radius 3 is 2.71 bits per heavy atom. The largest absolute Gasteiger partial charge is 0.478 e. The molecule has 0 aliphatic heterocycles. The Morgan fingerprint density at radius 1 is 1.38 bits per heavy atom. The number of alkyl halides is 3. The molecule has 6 nitrogen and oxygen atoms in total. The second kappa shape index (κ2) is 5.81. The molecule has 2 rings (SSSR count). The minimum atomic E-state index is -4.74. The molecule has 0 saturated heterocycles. The molecule has 0 saturated carbocycles. The van der Waals surface area contributed by atoms with Crippen molar-refractivity contribution in [2.24, 2.45) is 0 Å². The van der Waals surface area contributed by atoms with Crippen molar-refractivity contribution in [2.75, 3.05) is 11.9 Å². The molecule has 0 aliphatic carbocycles. The highest BCUT2D eigenvalue weighted by Gasteiger charge is 2.35. The summed E-state index contributed by atoms with van der Waals surface area (Å²) in [5.41, 5.74) is -1.82. The van der Waals surface area contributed by atoms with Crippen LogP contribution in [-0.2, 0) is 12.6 Å². The lowest BCUT2D eigenvalue weighted by Crippen LogP contribution is -2.14. The van der Waals surface area contributed by atoms with Gasteiger partial charge in [0.2, 0.25) is 5.89 Å². The van der Waals surface area contributed by atoms with Crippen LogP contribution in [0, 0.1) is 0 Å². The van der Waals surface area contributed by atoms with Crippen molar-refractivity contribution in [1.29, 1.82) is 0 Å². The van der Waals surface area contributed by atoms with Gasteiger partial charge >= 0.3 is 12.1 Å². The Balaban J connectivity index is 2.12. The fraction of sp³-hybridized carbons (Fsp3) is 0.250. The number of nitrogens with one attached hydrogen (secondary N) is 1. The number of nitrogens with zero attached hydrogens (tertiary/aromatic N) is 2. The first-order valence-corrected chi connectivity index (χ1v) is 5.82. The third-order valence-electron chi connectivity index (χ3n) is 2.63. The molecule has 2 aromatic rings. The number of carboxylic acid groups (broad SMARTS) is 1. The van der Waals surface area contributed by atoms with Crippen molar-refractivity contribution in [3.8, 4) is 0 Å². The Hall–Kier alpha value is -2.58. The van der Waals surface area contributed by atoms with Crippen molar-refractivity contribution in [2.45, 2.75) is 12.6 Å². The number of anilines is 1. The summed E-state index contributed by atoms with van der Waals surface area (Å²) >= 11 is 0. The maximum absolute atomic E-state index is 12.8. The average molecular weight is 301 g/mol. The molecule has 0 bridgehead atoms. The number of carbonyl (C=O) groups is 1. The van der Waals surface area contributed by atoms with Gasteiger partial charge in [0.25, 0.3) is 0 Å². The Bertz CT molecular complexity index is 626. The summed E-state index contributed by atoms with van der Waals surface area (Å²) < 4.78 is 43.2. The molecule has 0 fully saturated rings. The Kier molecular flexibility index (Phi) is 4.10. The van der Waals surface area contributed by atoms with Gasteiger partial charge in [0.15, 0.2) is 6.33 Å². The third-order valence-corrected chi connectivity index (χ3v) is 2.63. The molecule has 1 aromatic heterocycles. The summed E-state index contributed by atoms with van der Waals surface area (Å²) in [7, 11) is 0. The standard InChI is InChI=1S/C12H10F3N3O3/c13-12(14,15)9-5-7(1-2-8(9)11(19)20)16-4-3-10-17-6-18-21-10/h1-2,5-6,16H,3-4H2,(H,19,20). The zero-order chi connectivity index (χ0) is 15.5. The summed E-state index contributed by atoms with van der Waals surface area (Å²) in [6.07, 6.45) is -3.18. The van der Waals surface area contributed by atoms with E-state index >= 15 is 0 Å². The van der Waals surface area contributed by atoms with Crippen molar-refractivity contribution in [1.82, 2.24) is 10.1 Å². The number of aromatic nitrogens is 2. The zero-order valence-corrected chi connectivity index (χ0v) is 10.5. The van der Waals surface area contributed by atoms with Gasteiger partial charge in [-0.25, -0.2) is 4.79 Å². The van der Waals surface area contributed by atoms with Crippen molar-refractivity contribution >= 4 is 11.7 Å². The van der Waals surface area contributed by atoms with Crippen LogP contribution in [0.25, 0.3) is 0 Å². The fourth-order valence-electron chi connectivity index (χ4n) is 1.70. The van der Waals surface area contributed by atoms with Gasteiger partial charge in [0, 0.05) is 18.7 Å². The smallest absolute Gasteiger partial charge is 0.417 e. The van der Waals surface area contributed by atoms with Crippen LogP contribution in [0.3, 0.4) is 0 Å². The molecular formula is C12H10F3N3O3. The van der Waals surface area contributed by atoms with Crippen molar-refractivity contribution < 1.29 is 27.6 Å². The highest BCUT2D eigenvalue weighted by Crippen LogP contribution is 2.33. The van der Waals surface area contributed by atoms with E-state index in [1.165, 1.54) is 12.4 Å². The predicted molar refractivity (Wildman–Crippen MR) is 64.9 cm³/mol. The summed E-state index contributed by atoms with van der Waals surface area (Å²) in [6.45, 7) is 0.270. The lowest BCUT2D eigenvalue weighted by atomic mass is 10.1. The van der Waals surface area contributed by atoms with Gasteiger partial charge < -0.3 is 14.9 Å². The van der Waals surface area contributed by atoms with E-state index in [0.717, 1.165) is 12.1 Å². The molecule has 0 unspecified atom stereocenters. The van der Waals surface area contributed by atoms with Gasteiger partial charge in [0.05, 0.1) is 11.1 Å². The van der Waals surface area contributed by atoms with Crippen LogP contribution in [0.4, 0.5) is 18.9 Å². The van der Waals surface area contributed by atoms with E-state index in [9.17, 15) is 18.0 Å². The van der Waals surface area contributed by atoms with Gasteiger partial charge in [-0.2, -0.15) is 18.2 Å². The molecular weight excluding hydrogens is 291 g/mol. The normalized spacial score (nSPS) is 11.4. The van der Waals surface area contributed by atoms with E-state index in [0.29, 0.717) is 12.3 Å². The first-order chi connectivity index (χ1) is 9.88. The summed E-state index contributed by atoms with van der Waals surface area (Å²) in [5.74, 6) is -1.28. The Labute approximate surface area is 116 Å². The lowest BCUT2D eigenvalue weighted by Gasteiger charge is -2.13. The molecule has 112 valence electrons. The van der Waals surface area contributed by atoms with Crippen molar-refractivity contribution in [3.63, 3.8) is 0 Å². The van der Waals surface area contributed by atoms with E-state index in [4.69, 9.17) is 9.63 Å². The molecule has 9 heteroatoms.